The van der Waals surface area contributed by atoms with Crippen molar-refractivity contribution >= 4 is 16.3 Å². The summed E-state index contributed by atoms with van der Waals surface area (Å²) in [5.41, 5.74) is 3.75. The Hall–Kier alpha value is -2.44. The molecule has 0 radical (unpaired) electrons. The molecule has 0 amide bonds. The first kappa shape index (κ1) is 14.9. The van der Waals surface area contributed by atoms with E-state index in [2.05, 4.69) is 73.9 Å². The van der Waals surface area contributed by atoms with Gasteiger partial charge < -0.3 is 4.57 Å². The van der Waals surface area contributed by atoms with Crippen molar-refractivity contribution in [2.45, 2.75) is 32.6 Å². The molecule has 0 spiro atoms. The van der Waals surface area contributed by atoms with Crippen molar-refractivity contribution in [3.05, 3.63) is 77.1 Å². The SMILES string of the molecule is Cc1nc2sccn2c1CN1Cc2nccn2C[C@H]1c1ccccc1. The maximum Gasteiger partial charge on any atom is 0.194 e. The quantitative estimate of drug-likeness (QED) is 0.567. The first-order valence-corrected chi connectivity index (χ1v) is 9.37. The van der Waals surface area contributed by atoms with Crippen molar-refractivity contribution in [1.29, 1.82) is 0 Å². The normalized spacial score (nSPS) is 17.9. The lowest BCUT2D eigenvalue weighted by Crippen LogP contribution is -2.37. The van der Waals surface area contributed by atoms with Gasteiger partial charge in [0.05, 0.1) is 24.0 Å². The van der Waals surface area contributed by atoms with Gasteiger partial charge in [0.2, 0.25) is 0 Å². The summed E-state index contributed by atoms with van der Waals surface area (Å²) >= 11 is 1.69. The van der Waals surface area contributed by atoms with Crippen LogP contribution in [0.25, 0.3) is 4.96 Å². The van der Waals surface area contributed by atoms with E-state index in [0.29, 0.717) is 6.04 Å². The van der Waals surface area contributed by atoms with E-state index in [9.17, 15) is 0 Å². The molecule has 1 atom stereocenters. The summed E-state index contributed by atoms with van der Waals surface area (Å²) in [5, 5.41) is 2.10. The summed E-state index contributed by atoms with van der Waals surface area (Å²) in [6.07, 6.45) is 6.11. The zero-order valence-electron chi connectivity index (χ0n) is 14.0. The number of thiazole rings is 1. The Bertz CT molecular complexity index is 1010. The second kappa shape index (κ2) is 5.82. The number of benzene rings is 1. The number of hydrogen-bond donors (Lipinski definition) is 0. The minimum Gasteiger partial charge on any atom is -0.332 e. The van der Waals surface area contributed by atoms with Gasteiger partial charge in [0.15, 0.2) is 4.96 Å². The summed E-state index contributed by atoms with van der Waals surface area (Å²) in [4.78, 5) is 12.8. The predicted octanol–water partition coefficient (Wildman–Crippen LogP) is 3.66. The molecule has 0 N–H and O–H groups in total. The molecule has 0 saturated heterocycles. The Morgan fingerprint density at radius 3 is 2.96 bits per heavy atom. The zero-order valence-corrected chi connectivity index (χ0v) is 14.9. The molecule has 0 unspecified atom stereocenters. The van der Waals surface area contributed by atoms with Gasteiger partial charge in [0, 0.05) is 37.1 Å². The molecule has 5 rings (SSSR count). The Kier molecular flexibility index (Phi) is 3.46. The summed E-state index contributed by atoms with van der Waals surface area (Å²) in [5.74, 6) is 1.14. The summed E-state index contributed by atoms with van der Waals surface area (Å²) in [6, 6.07) is 11.1. The van der Waals surface area contributed by atoms with E-state index in [0.717, 1.165) is 36.1 Å². The molecule has 0 fully saturated rings. The number of fused-ring (bicyclic) bond motifs is 2. The lowest BCUT2D eigenvalue weighted by Gasteiger charge is -2.36. The third-order valence-electron chi connectivity index (χ3n) is 5.06. The van der Waals surface area contributed by atoms with Gasteiger partial charge in [-0.3, -0.25) is 9.30 Å². The fraction of sp³-hybridized carbons (Fsp3) is 0.263. The van der Waals surface area contributed by atoms with E-state index < -0.39 is 0 Å². The van der Waals surface area contributed by atoms with E-state index >= 15 is 0 Å². The van der Waals surface area contributed by atoms with Crippen LogP contribution in [0.15, 0.2) is 54.3 Å². The third-order valence-corrected chi connectivity index (χ3v) is 5.81. The second-order valence-electron chi connectivity index (χ2n) is 6.53. The average Bonchev–Trinajstić information content (AvgIpc) is 3.33. The molecule has 3 aromatic heterocycles. The number of imidazole rings is 2. The highest BCUT2D eigenvalue weighted by molar-refractivity contribution is 7.15. The van der Waals surface area contributed by atoms with Gasteiger partial charge in [-0.05, 0) is 12.5 Å². The van der Waals surface area contributed by atoms with Gasteiger partial charge in [-0.15, -0.1) is 11.3 Å². The molecule has 4 aromatic rings. The van der Waals surface area contributed by atoms with Crippen LogP contribution >= 0.6 is 11.3 Å². The molecular formula is C19H19N5S. The van der Waals surface area contributed by atoms with Crippen LogP contribution in [0.1, 0.15) is 28.8 Å². The van der Waals surface area contributed by atoms with Crippen LogP contribution in [0.5, 0.6) is 0 Å². The van der Waals surface area contributed by atoms with E-state index in [4.69, 9.17) is 4.98 Å². The van der Waals surface area contributed by atoms with Crippen LogP contribution in [0.4, 0.5) is 0 Å². The standard InChI is InChI=1S/C19H19N5S/c1-14-16(24-9-10-25-19(24)21-14)11-23-13-18-20-7-8-22(18)12-17(23)15-5-3-2-4-6-15/h2-10,17H,11-13H2,1H3/t17-/m0/s1. The highest BCUT2D eigenvalue weighted by Gasteiger charge is 2.29. The van der Waals surface area contributed by atoms with Crippen LogP contribution in [-0.4, -0.2) is 23.8 Å². The van der Waals surface area contributed by atoms with Crippen LogP contribution < -0.4 is 0 Å². The molecule has 5 nitrogen and oxygen atoms in total. The first-order chi connectivity index (χ1) is 12.3. The molecule has 25 heavy (non-hydrogen) atoms. The molecule has 1 aliphatic rings. The van der Waals surface area contributed by atoms with Gasteiger partial charge in [-0.1, -0.05) is 30.3 Å². The van der Waals surface area contributed by atoms with Gasteiger partial charge in [-0.25, -0.2) is 9.97 Å². The minimum atomic E-state index is 0.339. The number of hydrogen-bond acceptors (Lipinski definition) is 4. The fourth-order valence-electron chi connectivity index (χ4n) is 3.73. The van der Waals surface area contributed by atoms with Crippen molar-refractivity contribution in [2.75, 3.05) is 0 Å². The number of rotatable bonds is 3. The highest BCUT2D eigenvalue weighted by Crippen LogP contribution is 2.31. The van der Waals surface area contributed by atoms with Crippen LogP contribution in [-0.2, 0) is 19.6 Å². The van der Waals surface area contributed by atoms with E-state index in [1.54, 1.807) is 11.3 Å². The highest BCUT2D eigenvalue weighted by atomic mass is 32.1. The van der Waals surface area contributed by atoms with Crippen molar-refractivity contribution in [3.63, 3.8) is 0 Å². The lowest BCUT2D eigenvalue weighted by atomic mass is 10.0. The van der Waals surface area contributed by atoms with Crippen molar-refractivity contribution in [2.24, 2.45) is 0 Å². The Balaban J connectivity index is 1.55. The van der Waals surface area contributed by atoms with Crippen LogP contribution in [0.2, 0.25) is 0 Å². The van der Waals surface area contributed by atoms with Gasteiger partial charge in [0.25, 0.3) is 0 Å². The molecule has 0 aliphatic carbocycles. The van der Waals surface area contributed by atoms with Crippen LogP contribution in [0.3, 0.4) is 0 Å². The van der Waals surface area contributed by atoms with E-state index in [1.165, 1.54) is 11.3 Å². The maximum absolute atomic E-state index is 4.70. The molecule has 0 bridgehead atoms. The Labute approximate surface area is 150 Å². The van der Waals surface area contributed by atoms with Gasteiger partial charge >= 0.3 is 0 Å². The van der Waals surface area contributed by atoms with E-state index in [1.807, 2.05) is 6.20 Å². The fourth-order valence-corrected chi connectivity index (χ4v) is 4.51. The number of nitrogens with zero attached hydrogens (tertiary/aromatic N) is 5. The molecule has 6 heteroatoms. The molecular weight excluding hydrogens is 330 g/mol. The third kappa shape index (κ3) is 2.49. The molecule has 1 aliphatic heterocycles. The lowest BCUT2D eigenvalue weighted by molar-refractivity contribution is 0.126. The average molecular weight is 349 g/mol. The minimum absolute atomic E-state index is 0.339. The van der Waals surface area contributed by atoms with Gasteiger partial charge in [0.1, 0.15) is 5.82 Å². The number of aryl methyl sites for hydroxylation is 1. The topological polar surface area (TPSA) is 38.4 Å². The van der Waals surface area contributed by atoms with Crippen molar-refractivity contribution < 1.29 is 0 Å². The van der Waals surface area contributed by atoms with Crippen molar-refractivity contribution in [1.82, 2.24) is 23.8 Å². The summed E-state index contributed by atoms with van der Waals surface area (Å²) in [7, 11) is 0. The molecule has 1 aromatic carbocycles. The van der Waals surface area contributed by atoms with Crippen molar-refractivity contribution in [3.8, 4) is 0 Å². The Morgan fingerprint density at radius 2 is 2.08 bits per heavy atom. The zero-order chi connectivity index (χ0) is 16.8. The smallest absolute Gasteiger partial charge is 0.194 e. The largest absolute Gasteiger partial charge is 0.332 e. The molecule has 4 heterocycles. The summed E-state index contributed by atoms with van der Waals surface area (Å²) in [6.45, 7) is 4.76. The maximum atomic E-state index is 4.70. The predicted molar refractivity (Wildman–Crippen MR) is 98.5 cm³/mol. The van der Waals surface area contributed by atoms with E-state index in [-0.39, 0.29) is 0 Å². The monoisotopic (exact) mass is 349 g/mol. The first-order valence-electron chi connectivity index (χ1n) is 8.49. The molecule has 0 saturated carbocycles. The molecule has 126 valence electrons. The Morgan fingerprint density at radius 1 is 1.20 bits per heavy atom. The second-order valence-corrected chi connectivity index (χ2v) is 7.40. The summed E-state index contributed by atoms with van der Waals surface area (Å²) < 4.78 is 4.50. The van der Waals surface area contributed by atoms with Crippen LogP contribution in [0, 0.1) is 6.92 Å². The van der Waals surface area contributed by atoms with Gasteiger partial charge in [-0.2, -0.15) is 0 Å². The number of aromatic nitrogens is 4.